The molecule has 0 saturated heterocycles. The number of amides is 1. The molecule has 0 aliphatic heterocycles. The smallest absolute Gasteiger partial charge is 0.255 e. The molecule has 2 aromatic heterocycles. The topological polar surface area (TPSA) is 92.7 Å². The van der Waals surface area contributed by atoms with Crippen molar-refractivity contribution in [2.24, 2.45) is 11.8 Å². The van der Waals surface area contributed by atoms with Crippen molar-refractivity contribution < 1.29 is 4.79 Å². The van der Waals surface area contributed by atoms with E-state index in [0.29, 0.717) is 28.8 Å². The molecule has 3 atom stereocenters. The number of nitrogens with one attached hydrogen (secondary N) is 2. The highest BCUT2D eigenvalue weighted by Crippen LogP contribution is 2.46. The predicted octanol–water partition coefficient (Wildman–Crippen LogP) is 3.05. The zero-order valence-corrected chi connectivity index (χ0v) is 16.9. The molecule has 2 N–H and O–H groups in total. The van der Waals surface area contributed by atoms with E-state index in [0.717, 1.165) is 25.2 Å². The van der Waals surface area contributed by atoms with Gasteiger partial charge in [-0.15, -0.1) is 0 Å². The predicted molar refractivity (Wildman–Crippen MR) is 107 cm³/mol. The third-order valence-corrected chi connectivity index (χ3v) is 6.56. The van der Waals surface area contributed by atoms with Crippen molar-refractivity contribution >= 4 is 5.91 Å². The zero-order valence-electron chi connectivity index (χ0n) is 16.9. The van der Waals surface area contributed by atoms with Crippen LogP contribution in [0.15, 0.2) is 17.1 Å². The van der Waals surface area contributed by atoms with Crippen molar-refractivity contribution in [3.8, 4) is 5.95 Å². The molecule has 3 unspecified atom stereocenters. The fourth-order valence-corrected chi connectivity index (χ4v) is 5.27. The molecular weight excluding hydrogens is 354 g/mol. The minimum atomic E-state index is -0.233. The van der Waals surface area contributed by atoms with Gasteiger partial charge >= 0.3 is 0 Å². The van der Waals surface area contributed by atoms with Gasteiger partial charge in [0.2, 0.25) is 5.95 Å². The molecule has 2 heterocycles. The van der Waals surface area contributed by atoms with Crippen LogP contribution in [0.3, 0.4) is 0 Å². The Bertz CT molecular complexity index is 947. The average molecular weight is 383 g/mol. The summed E-state index contributed by atoms with van der Waals surface area (Å²) in [6.45, 7) is 5.85. The Hall–Kier alpha value is -2.44. The Morgan fingerprint density at radius 1 is 1.39 bits per heavy atom. The molecule has 7 heteroatoms. The van der Waals surface area contributed by atoms with Crippen LogP contribution in [0.25, 0.3) is 5.95 Å². The first-order chi connectivity index (χ1) is 13.4. The van der Waals surface area contributed by atoms with E-state index in [1.807, 2.05) is 6.92 Å². The summed E-state index contributed by atoms with van der Waals surface area (Å²) in [6, 6.07) is 1.43. The van der Waals surface area contributed by atoms with E-state index in [4.69, 9.17) is 0 Å². The molecule has 4 rings (SSSR count). The average Bonchev–Trinajstić information content (AvgIpc) is 3.01. The summed E-state index contributed by atoms with van der Waals surface area (Å²) in [6.07, 6.45) is 9.76. The molecule has 0 radical (unpaired) electrons. The number of aromatic nitrogens is 4. The van der Waals surface area contributed by atoms with Crippen LogP contribution < -0.4 is 10.9 Å². The van der Waals surface area contributed by atoms with Gasteiger partial charge in [0.25, 0.3) is 11.5 Å². The van der Waals surface area contributed by atoms with Crippen LogP contribution in [0.4, 0.5) is 0 Å². The second-order valence-electron chi connectivity index (χ2n) is 8.68. The molecule has 2 bridgehead atoms. The molecular formula is C21H29N5O2. The number of nitrogens with zero attached hydrogens (tertiary/aromatic N) is 3. The maximum Gasteiger partial charge on any atom is 0.255 e. The minimum absolute atomic E-state index is 0.0730. The Balaban J connectivity index is 1.59. The fourth-order valence-electron chi connectivity index (χ4n) is 5.27. The van der Waals surface area contributed by atoms with Crippen LogP contribution >= 0.6 is 0 Å². The number of hydrogen-bond acceptors (Lipinski definition) is 4. The maximum absolute atomic E-state index is 13.1. The largest absolute Gasteiger partial charge is 0.346 e. The standard InChI is InChI=1S/C21H29N5O2/c1-4-15-9-16-6-5-7-21(10-15,11-16)25-19(28)17-12-22-26(14(17)3)20-23-13(2)8-18(27)24-20/h8,12,15-16H,4-7,9-11H2,1-3H3,(H,25,28)(H,23,24,27). The molecule has 2 saturated carbocycles. The number of carbonyl (C=O) groups is 1. The second-order valence-corrected chi connectivity index (χ2v) is 8.68. The molecule has 2 aliphatic rings. The van der Waals surface area contributed by atoms with E-state index in [1.165, 1.54) is 36.4 Å². The van der Waals surface area contributed by atoms with Gasteiger partial charge in [-0.25, -0.2) is 9.67 Å². The minimum Gasteiger partial charge on any atom is -0.346 e. The molecule has 150 valence electrons. The summed E-state index contributed by atoms with van der Waals surface area (Å²) in [5.41, 5.74) is 1.52. The quantitative estimate of drug-likeness (QED) is 0.849. The van der Waals surface area contributed by atoms with E-state index < -0.39 is 0 Å². The van der Waals surface area contributed by atoms with E-state index in [2.05, 4.69) is 27.3 Å². The summed E-state index contributed by atoms with van der Waals surface area (Å²) in [7, 11) is 0. The highest BCUT2D eigenvalue weighted by atomic mass is 16.2. The first-order valence-electron chi connectivity index (χ1n) is 10.3. The van der Waals surface area contributed by atoms with Gasteiger partial charge in [0.15, 0.2) is 0 Å². The lowest BCUT2D eigenvalue weighted by atomic mass is 9.63. The van der Waals surface area contributed by atoms with Crippen LogP contribution in [-0.4, -0.2) is 31.2 Å². The van der Waals surface area contributed by atoms with Crippen LogP contribution in [0.1, 0.15) is 73.6 Å². The Morgan fingerprint density at radius 2 is 2.21 bits per heavy atom. The molecule has 2 fully saturated rings. The normalized spacial score (nSPS) is 26.8. The maximum atomic E-state index is 13.1. The van der Waals surface area contributed by atoms with Gasteiger partial charge < -0.3 is 5.32 Å². The summed E-state index contributed by atoms with van der Waals surface area (Å²) in [5.74, 6) is 1.69. The first-order valence-corrected chi connectivity index (χ1v) is 10.3. The molecule has 7 nitrogen and oxygen atoms in total. The summed E-state index contributed by atoms with van der Waals surface area (Å²) in [4.78, 5) is 31.9. The van der Waals surface area contributed by atoms with Gasteiger partial charge in [-0.1, -0.05) is 26.2 Å². The Kier molecular flexibility index (Phi) is 4.85. The lowest BCUT2D eigenvalue weighted by Gasteiger charge is -2.48. The van der Waals surface area contributed by atoms with Crippen LogP contribution in [-0.2, 0) is 0 Å². The van der Waals surface area contributed by atoms with Gasteiger partial charge in [-0.3, -0.25) is 14.6 Å². The Morgan fingerprint density at radius 3 is 2.96 bits per heavy atom. The SMILES string of the molecule is CCC1CC2CCCC(NC(=O)c3cnn(-c4nc(C)cc(=O)[nH]4)c3C)(C1)C2. The second kappa shape index (κ2) is 7.18. The summed E-state index contributed by atoms with van der Waals surface area (Å²) >= 11 is 0. The Labute approximate surface area is 165 Å². The molecule has 0 aromatic carbocycles. The molecule has 2 aliphatic carbocycles. The van der Waals surface area contributed by atoms with Crippen LogP contribution in [0, 0.1) is 25.7 Å². The molecule has 28 heavy (non-hydrogen) atoms. The first kappa shape index (κ1) is 18.9. The number of fused-ring (bicyclic) bond motifs is 2. The number of H-pyrrole nitrogens is 1. The molecule has 2 aromatic rings. The van der Waals surface area contributed by atoms with Crippen molar-refractivity contribution in [1.82, 2.24) is 25.1 Å². The lowest BCUT2D eigenvalue weighted by Crippen LogP contribution is -2.55. The van der Waals surface area contributed by atoms with Gasteiger partial charge in [0.05, 0.1) is 17.5 Å². The number of carbonyl (C=O) groups excluding carboxylic acids is 1. The van der Waals surface area contributed by atoms with E-state index in [9.17, 15) is 9.59 Å². The number of rotatable bonds is 4. The van der Waals surface area contributed by atoms with Crippen LogP contribution in [0.5, 0.6) is 0 Å². The molecule has 1 amide bonds. The van der Waals surface area contributed by atoms with E-state index >= 15 is 0 Å². The highest BCUT2D eigenvalue weighted by Gasteiger charge is 2.43. The summed E-state index contributed by atoms with van der Waals surface area (Å²) < 4.78 is 1.53. The van der Waals surface area contributed by atoms with Crippen molar-refractivity contribution in [2.45, 2.75) is 71.3 Å². The van der Waals surface area contributed by atoms with Crippen molar-refractivity contribution in [3.63, 3.8) is 0 Å². The summed E-state index contributed by atoms with van der Waals surface area (Å²) in [5, 5.41) is 7.70. The van der Waals surface area contributed by atoms with Crippen molar-refractivity contribution in [2.75, 3.05) is 0 Å². The van der Waals surface area contributed by atoms with Gasteiger partial charge in [-0.05, 0) is 51.4 Å². The third-order valence-electron chi connectivity index (χ3n) is 6.56. The zero-order chi connectivity index (χ0) is 19.9. The number of aromatic amines is 1. The van der Waals surface area contributed by atoms with Crippen molar-refractivity contribution in [1.29, 1.82) is 0 Å². The molecule has 0 spiro atoms. The van der Waals surface area contributed by atoms with Gasteiger partial charge in [-0.2, -0.15) is 5.10 Å². The lowest BCUT2D eigenvalue weighted by molar-refractivity contribution is 0.0598. The monoisotopic (exact) mass is 383 g/mol. The third kappa shape index (κ3) is 3.50. The van der Waals surface area contributed by atoms with Gasteiger partial charge in [0.1, 0.15) is 0 Å². The fraction of sp³-hybridized carbons (Fsp3) is 0.619. The van der Waals surface area contributed by atoms with Gasteiger partial charge in [0, 0.05) is 17.3 Å². The number of aryl methyl sites for hydroxylation is 1. The van der Waals surface area contributed by atoms with E-state index in [1.54, 1.807) is 13.1 Å². The van der Waals surface area contributed by atoms with Crippen LogP contribution in [0.2, 0.25) is 0 Å². The highest BCUT2D eigenvalue weighted by molar-refractivity contribution is 5.95. The number of hydrogen-bond donors (Lipinski definition) is 2. The van der Waals surface area contributed by atoms with Crippen molar-refractivity contribution in [3.05, 3.63) is 39.6 Å². The van der Waals surface area contributed by atoms with E-state index in [-0.39, 0.29) is 17.0 Å².